The van der Waals surface area contributed by atoms with Crippen LogP contribution in [0.2, 0.25) is 0 Å². The van der Waals surface area contributed by atoms with Gasteiger partial charge in [-0.05, 0) is 81.0 Å². The van der Waals surface area contributed by atoms with Crippen molar-refractivity contribution in [2.24, 2.45) is 17.8 Å². The second-order valence-electron chi connectivity index (χ2n) is 9.67. The fourth-order valence-electron chi connectivity index (χ4n) is 6.51. The monoisotopic (exact) mass is 366 g/mol. The lowest BCUT2D eigenvalue weighted by molar-refractivity contribution is -0.119. The van der Waals surface area contributed by atoms with E-state index in [1.165, 1.54) is 62.0 Å². The van der Waals surface area contributed by atoms with Crippen LogP contribution in [-0.2, 0) is 10.2 Å². The smallest absolute Gasteiger partial charge is 0.217 e. The van der Waals surface area contributed by atoms with Gasteiger partial charge in [0.2, 0.25) is 5.91 Å². The number of allylic oxidation sites excluding steroid dienone is 2. The number of amides is 1. The van der Waals surface area contributed by atoms with Gasteiger partial charge in [-0.25, -0.2) is 0 Å². The van der Waals surface area contributed by atoms with E-state index in [4.69, 9.17) is 0 Å². The van der Waals surface area contributed by atoms with Crippen molar-refractivity contribution in [3.05, 3.63) is 47.0 Å². The highest BCUT2D eigenvalue weighted by Crippen LogP contribution is 2.51. The third-order valence-corrected chi connectivity index (χ3v) is 7.85. The van der Waals surface area contributed by atoms with Gasteiger partial charge < -0.3 is 10.2 Å². The third-order valence-electron chi connectivity index (χ3n) is 7.85. The van der Waals surface area contributed by atoms with Crippen molar-refractivity contribution in [2.45, 2.75) is 57.4 Å². The Morgan fingerprint density at radius 2 is 2.07 bits per heavy atom. The molecular weight excluding hydrogens is 332 g/mol. The summed E-state index contributed by atoms with van der Waals surface area (Å²) in [6.45, 7) is 7.50. The van der Waals surface area contributed by atoms with Crippen molar-refractivity contribution in [2.75, 3.05) is 19.6 Å². The topological polar surface area (TPSA) is 32.3 Å². The van der Waals surface area contributed by atoms with E-state index in [1.807, 2.05) is 0 Å². The summed E-state index contributed by atoms with van der Waals surface area (Å²) in [5.74, 6) is 2.70. The number of nitrogens with zero attached hydrogens (tertiary/aromatic N) is 1. The highest BCUT2D eigenvalue weighted by atomic mass is 16.1. The summed E-state index contributed by atoms with van der Waals surface area (Å²) in [7, 11) is 0. The molecule has 5 rings (SSSR count). The van der Waals surface area contributed by atoms with E-state index in [-0.39, 0.29) is 18.8 Å². The van der Waals surface area contributed by atoms with Gasteiger partial charge in [-0.1, -0.05) is 35.9 Å². The fraction of sp³-hybridized carbons (Fsp3) is 0.625. The van der Waals surface area contributed by atoms with E-state index in [0.29, 0.717) is 0 Å². The molecule has 1 spiro atoms. The lowest BCUT2D eigenvalue weighted by Crippen LogP contribution is -2.44. The predicted molar refractivity (Wildman–Crippen MR) is 111 cm³/mol. The Hall–Kier alpha value is -1.61. The molecule has 146 valence electrons. The van der Waals surface area contributed by atoms with Crippen molar-refractivity contribution in [1.29, 1.82) is 0 Å². The second-order valence-corrected chi connectivity index (χ2v) is 9.67. The van der Waals surface area contributed by atoms with Crippen LogP contribution in [0.25, 0.3) is 0 Å². The number of fused-ring (bicyclic) bond motifs is 4. The fourth-order valence-corrected chi connectivity index (χ4v) is 6.51. The minimum atomic E-state index is 0. The first kappa shape index (κ1) is 17.5. The molecule has 3 nitrogen and oxygen atoms in total. The Morgan fingerprint density at radius 1 is 1.26 bits per heavy atom. The molecule has 2 bridgehead atoms. The molecule has 1 saturated heterocycles. The number of likely N-dealkylation sites (tertiary alicyclic amines) is 1. The van der Waals surface area contributed by atoms with E-state index in [2.05, 4.69) is 47.5 Å². The zero-order chi connectivity index (χ0) is 18.6. The Morgan fingerprint density at radius 3 is 2.74 bits per heavy atom. The van der Waals surface area contributed by atoms with Crippen LogP contribution in [0.1, 0.15) is 63.2 Å². The summed E-state index contributed by atoms with van der Waals surface area (Å²) in [5.41, 5.74) is 4.44. The van der Waals surface area contributed by atoms with Crippen LogP contribution in [0.15, 0.2) is 30.4 Å². The molecule has 1 N–H and O–H groups in total. The van der Waals surface area contributed by atoms with E-state index in [1.54, 1.807) is 6.92 Å². The summed E-state index contributed by atoms with van der Waals surface area (Å²) in [6, 6.07) is 7.10. The van der Waals surface area contributed by atoms with Crippen LogP contribution in [-0.4, -0.2) is 30.4 Å². The van der Waals surface area contributed by atoms with E-state index < -0.39 is 0 Å². The summed E-state index contributed by atoms with van der Waals surface area (Å²) < 4.78 is 0. The molecule has 3 heteroatoms. The molecule has 1 aromatic carbocycles. The molecule has 1 aliphatic heterocycles. The van der Waals surface area contributed by atoms with Crippen LogP contribution in [0.4, 0.5) is 0 Å². The number of carbonyl (C=O) groups excluding carboxylic acids is 1. The minimum absolute atomic E-state index is 0. The van der Waals surface area contributed by atoms with Gasteiger partial charge in [-0.15, -0.1) is 0 Å². The maximum atomic E-state index is 11.7. The van der Waals surface area contributed by atoms with Gasteiger partial charge in [0, 0.05) is 20.3 Å². The molecule has 3 aliphatic carbocycles. The number of piperidine rings is 1. The maximum Gasteiger partial charge on any atom is 0.217 e. The summed E-state index contributed by atoms with van der Waals surface area (Å²) >= 11 is 0. The van der Waals surface area contributed by atoms with Crippen LogP contribution < -0.4 is 5.32 Å². The molecule has 1 heterocycles. The first-order chi connectivity index (χ1) is 13.0. The highest BCUT2D eigenvalue weighted by molar-refractivity contribution is 5.74. The number of hydrogen-bond donors (Lipinski definition) is 1. The van der Waals surface area contributed by atoms with Crippen molar-refractivity contribution in [3.63, 3.8) is 0 Å². The molecule has 2 fully saturated rings. The second kappa shape index (κ2) is 6.48. The molecule has 1 saturated carbocycles. The molecule has 1 aromatic rings. The normalized spacial score (nSPS) is 33.6. The van der Waals surface area contributed by atoms with Crippen LogP contribution in [0, 0.1) is 24.7 Å². The van der Waals surface area contributed by atoms with Crippen LogP contribution in [0.3, 0.4) is 0 Å². The van der Waals surface area contributed by atoms with E-state index >= 15 is 0 Å². The summed E-state index contributed by atoms with van der Waals surface area (Å²) in [5, 5.41) is 3.22. The average molecular weight is 367 g/mol. The number of nitrogens with one attached hydrogen (secondary N) is 1. The van der Waals surface area contributed by atoms with Crippen LogP contribution >= 0.6 is 0 Å². The van der Waals surface area contributed by atoms with Gasteiger partial charge in [-0.2, -0.15) is 0 Å². The van der Waals surface area contributed by atoms with Gasteiger partial charge in [0.1, 0.15) is 0 Å². The number of hydrogen-bond acceptors (Lipinski definition) is 2. The molecule has 27 heavy (non-hydrogen) atoms. The molecule has 0 aromatic heterocycles. The summed E-state index contributed by atoms with van der Waals surface area (Å²) in [6.07, 6.45) is 11.3. The van der Waals surface area contributed by atoms with Crippen molar-refractivity contribution < 1.29 is 6.22 Å². The van der Waals surface area contributed by atoms with Crippen LogP contribution in [0.5, 0.6) is 0 Å². The molecule has 4 aliphatic rings. The quantitative estimate of drug-likeness (QED) is 0.806. The number of benzene rings is 1. The zero-order valence-electron chi connectivity index (χ0n) is 16.7. The van der Waals surface area contributed by atoms with Gasteiger partial charge in [-0.3, -0.25) is 4.79 Å². The Bertz CT molecular complexity index is 781. The van der Waals surface area contributed by atoms with Crippen molar-refractivity contribution >= 4 is 5.91 Å². The van der Waals surface area contributed by atoms with Gasteiger partial charge in [0.05, 0.1) is 6.04 Å². The molecule has 3 unspecified atom stereocenters. The Labute approximate surface area is 164 Å². The van der Waals surface area contributed by atoms with Gasteiger partial charge in [0.25, 0.3) is 0 Å². The van der Waals surface area contributed by atoms with Gasteiger partial charge in [0.15, 0.2) is 0 Å². The standard InChI is InChI=1S/C24H32N2O.H2/c1-16-3-6-22-21(11-16)23(25-17(2)27)14-24(22)7-9-26(10-8-24)15-20-13-18-4-5-19(20)12-18;/h3-6,11,18-20,23H,7-10,12-15H2,1-2H3,(H,25,27);1H/t18?,19?,20?,23-;/m0./s1. The highest BCUT2D eigenvalue weighted by Gasteiger charge is 2.46. The average Bonchev–Trinajstić information content (AvgIpc) is 3.31. The first-order valence-electron chi connectivity index (χ1n) is 10.8. The lowest BCUT2D eigenvalue weighted by atomic mass is 9.73. The number of carbonyl (C=O) groups is 1. The molecular formula is C24H34N2O. The molecule has 1 amide bonds. The summed E-state index contributed by atoms with van der Waals surface area (Å²) in [4.78, 5) is 14.5. The Kier molecular flexibility index (Phi) is 4.19. The SMILES string of the molecule is CC(=O)N[C@H]1CC2(CCN(CC3CC4C=CC3C4)CC2)c2ccc(C)cc21.[HH]. The molecule has 0 radical (unpaired) electrons. The van der Waals surface area contributed by atoms with Crippen molar-refractivity contribution in [3.8, 4) is 0 Å². The molecule has 4 atom stereocenters. The lowest BCUT2D eigenvalue weighted by Gasteiger charge is -2.41. The van der Waals surface area contributed by atoms with Crippen molar-refractivity contribution in [1.82, 2.24) is 10.2 Å². The number of aryl methyl sites for hydroxylation is 1. The Balaban J connectivity index is 0.00000192. The number of rotatable bonds is 3. The largest absolute Gasteiger partial charge is 0.349 e. The minimum Gasteiger partial charge on any atom is -0.349 e. The van der Waals surface area contributed by atoms with E-state index in [0.717, 1.165) is 24.2 Å². The van der Waals surface area contributed by atoms with E-state index in [9.17, 15) is 4.79 Å². The predicted octanol–water partition coefficient (Wildman–Crippen LogP) is 4.37. The first-order valence-corrected chi connectivity index (χ1v) is 10.8. The maximum absolute atomic E-state index is 11.7. The van der Waals surface area contributed by atoms with Gasteiger partial charge >= 0.3 is 0 Å². The zero-order valence-corrected chi connectivity index (χ0v) is 16.7. The third kappa shape index (κ3) is 3.04.